The second-order valence-electron chi connectivity index (χ2n) is 7.02. The van der Waals surface area contributed by atoms with Crippen molar-refractivity contribution in [1.82, 2.24) is 10.2 Å². The van der Waals surface area contributed by atoms with E-state index in [9.17, 15) is 29.4 Å². The Balaban J connectivity index is 3.38. The summed E-state index contributed by atoms with van der Waals surface area (Å²) < 4.78 is 17.8. The fraction of sp³-hybridized carbons (Fsp3) is 0.381. The zero-order valence-corrected chi connectivity index (χ0v) is 20.2. The van der Waals surface area contributed by atoms with E-state index < -0.39 is 32.7 Å². The van der Waals surface area contributed by atoms with Crippen LogP contribution in [0.5, 0.6) is 0 Å². The topological polar surface area (TPSA) is 143 Å². The molecule has 0 aliphatic carbocycles. The third-order valence-corrected chi connectivity index (χ3v) is 5.07. The number of halogens is 1. The molecule has 0 bridgehead atoms. The van der Waals surface area contributed by atoms with Crippen molar-refractivity contribution in [1.29, 1.82) is 0 Å². The average molecular weight is 495 g/mol. The maximum atomic E-state index is 14.0. The summed E-state index contributed by atoms with van der Waals surface area (Å²) >= 11 is 0.747. The fourth-order valence-electron chi connectivity index (χ4n) is 2.87. The number of hydrogen-bond donors (Lipinski definition) is 1. The molecule has 0 aliphatic heterocycles. The maximum absolute atomic E-state index is 14.0. The van der Waals surface area contributed by atoms with E-state index in [-0.39, 0.29) is 5.91 Å². The van der Waals surface area contributed by atoms with Gasteiger partial charge in [0.25, 0.3) is 0 Å². The highest BCUT2D eigenvalue weighted by atomic mass is 32.2. The number of hydrogen-bond acceptors (Lipinski definition) is 9. The van der Waals surface area contributed by atoms with Crippen LogP contribution >= 0.6 is 11.9 Å². The molecule has 11 nitrogen and oxygen atoms in total. The zero-order chi connectivity index (χ0) is 25.8. The van der Waals surface area contributed by atoms with Crippen molar-refractivity contribution in [2.75, 3.05) is 13.1 Å². The van der Waals surface area contributed by atoms with Gasteiger partial charge in [-0.15, -0.1) is 9.63 Å². The van der Waals surface area contributed by atoms with Crippen molar-refractivity contribution in [3.8, 4) is 0 Å². The highest BCUT2D eigenvalue weighted by molar-refractivity contribution is 8.01. The second-order valence-corrected chi connectivity index (χ2v) is 7.80. The number of nitro groups is 2. The van der Waals surface area contributed by atoms with Gasteiger partial charge in [0, 0.05) is 43.7 Å². The molecule has 1 N–H and O–H groups in total. The first-order valence-corrected chi connectivity index (χ1v) is 11.1. The number of carbonyl (C=O) groups excluding carboxylic acids is 1. The molecule has 184 valence electrons. The molecule has 1 rings (SSSR count). The number of rotatable bonds is 13. The Hall–Kier alpha value is -3.61. The predicted octanol–water partition coefficient (Wildman–Crippen LogP) is 5.93. The van der Waals surface area contributed by atoms with Gasteiger partial charge in [-0.3, -0.25) is 25.0 Å². The van der Waals surface area contributed by atoms with E-state index in [2.05, 4.69) is 40.3 Å². The van der Waals surface area contributed by atoms with Crippen LogP contribution in [0.25, 0.3) is 0 Å². The molecule has 13 heteroatoms. The summed E-state index contributed by atoms with van der Waals surface area (Å²) in [6.07, 6.45) is 5.06. The number of nitrogens with one attached hydrogen (secondary N) is 1. The molecule has 0 aliphatic rings. The lowest BCUT2D eigenvalue weighted by molar-refractivity contribution is -0.395. The van der Waals surface area contributed by atoms with Crippen molar-refractivity contribution in [3.05, 3.63) is 73.2 Å². The van der Waals surface area contributed by atoms with E-state index in [0.717, 1.165) is 43.6 Å². The Morgan fingerprint density at radius 3 is 2.24 bits per heavy atom. The van der Waals surface area contributed by atoms with Crippen LogP contribution in [0.15, 0.2) is 56.8 Å². The Kier molecular flexibility index (Phi) is 11.6. The van der Waals surface area contributed by atoms with Gasteiger partial charge < -0.3 is 10.2 Å². The molecular formula is C21H27FN6O5S. The van der Waals surface area contributed by atoms with Crippen LogP contribution in [-0.2, 0) is 4.79 Å². The summed E-state index contributed by atoms with van der Waals surface area (Å²) in [6, 6.07) is 1.06. The molecule has 0 radical (unpaired) electrons. The Morgan fingerprint density at radius 1 is 1.18 bits per heavy atom. The van der Waals surface area contributed by atoms with E-state index in [1.807, 2.05) is 6.92 Å². The van der Waals surface area contributed by atoms with Crippen LogP contribution in [0, 0.1) is 26.0 Å². The molecule has 1 aromatic rings. The van der Waals surface area contributed by atoms with Crippen LogP contribution in [0.1, 0.15) is 40.5 Å². The zero-order valence-electron chi connectivity index (χ0n) is 19.4. The largest absolute Gasteiger partial charge is 0.375 e. The Morgan fingerprint density at radius 2 is 1.76 bits per heavy atom. The van der Waals surface area contributed by atoms with Crippen molar-refractivity contribution in [2.24, 2.45) is 9.63 Å². The van der Waals surface area contributed by atoms with Gasteiger partial charge in [0.2, 0.25) is 11.7 Å². The van der Waals surface area contributed by atoms with E-state index >= 15 is 0 Å². The highest BCUT2D eigenvalue weighted by Gasteiger charge is 2.25. The molecule has 0 saturated heterocycles. The first-order chi connectivity index (χ1) is 16.0. The first-order valence-electron chi connectivity index (χ1n) is 10.3. The third-order valence-electron chi connectivity index (χ3n) is 4.33. The number of nitrogens with zero attached hydrogens (tertiary/aromatic N) is 5. The molecule has 1 amide bonds. The molecule has 0 aromatic heterocycles. The van der Waals surface area contributed by atoms with Crippen LogP contribution < -0.4 is 5.32 Å². The molecule has 0 heterocycles. The molecule has 1 aromatic carbocycles. The van der Waals surface area contributed by atoms with Crippen LogP contribution in [0.2, 0.25) is 0 Å². The number of allylic oxidation sites excluding steroid dienone is 3. The van der Waals surface area contributed by atoms with Gasteiger partial charge in [-0.1, -0.05) is 26.5 Å². The lowest BCUT2D eigenvalue weighted by atomic mass is 10.2. The second kappa shape index (κ2) is 13.8. The number of carbonyl (C=O) groups is 1. The fourth-order valence-corrected chi connectivity index (χ4v) is 3.37. The average Bonchev–Trinajstić information content (AvgIpc) is 2.75. The quantitative estimate of drug-likeness (QED) is 0.118. The van der Waals surface area contributed by atoms with Crippen molar-refractivity contribution in [3.63, 3.8) is 0 Å². The molecule has 0 atom stereocenters. The third kappa shape index (κ3) is 8.39. The minimum absolute atomic E-state index is 0.332. The monoisotopic (exact) mass is 494 g/mol. The van der Waals surface area contributed by atoms with Gasteiger partial charge in [0.1, 0.15) is 0 Å². The van der Waals surface area contributed by atoms with E-state index in [4.69, 9.17) is 0 Å². The minimum Gasteiger partial charge on any atom is -0.375 e. The van der Waals surface area contributed by atoms with E-state index in [1.54, 1.807) is 6.08 Å². The van der Waals surface area contributed by atoms with Gasteiger partial charge in [-0.2, -0.15) is 4.39 Å². The normalized spacial score (nSPS) is 12.3. The van der Waals surface area contributed by atoms with Gasteiger partial charge in [0.15, 0.2) is 5.69 Å². The van der Waals surface area contributed by atoms with Crippen molar-refractivity contribution >= 4 is 34.9 Å². The summed E-state index contributed by atoms with van der Waals surface area (Å²) in [7, 11) is 0. The van der Waals surface area contributed by atoms with Gasteiger partial charge >= 0.3 is 11.4 Å². The predicted molar refractivity (Wildman–Crippen MR) is 129 cm³/mol. The van der Waals surface area contributed by atoms with Gasteiger partial charge in [-0.05, 0) is 25.8 Å². The molecule has 0 saturated carbocycles. The van der Waals surface area contributed by atoms with E-state index in [1.165, 1.54) is 13.0 Å². The molecule has 0 fully saturated rings. The Bertz CT molecular complexity index is 1030. The number of nitro benzene ring substituents is 2. The first kappa shape index (κ1) is 28.4. The Labute approximate surface area is 200 Å². The minimum atomic E-state index is -1.28. The summed E-state index contributed by atoms with van der Waals surface area (Å²) in [5.74, 6) is -1.61. The molecular weight excluding hydrogens is 467 g/mol. The molecule has 0 unspecified atom stereocenters. The summed E-state index contributed by atoms with van der Waals surface area (Å²) in [6.45, 7) is 12.7. The highest BCUT2D eigenvalue weighted by Crippen LogP contribution is 2.35. The number of benzene rings is 1. The van der Waals surface area contributed by atoms with Crippen molar-refractivity contribution < 1.29 is 19.0 Å². The molecule has 0 spiro atoms. The summed E-state index contributed by atoms with van der Waals surface area (Å²) in [5, 5.41) is 28.5. The summed E-state index contributed by atoms with van der Waals surface area (Å²) in [4.78, 5) is 34.4. The van der Waals surface area contributed by atoms with Gasteiger partial charge in [-0.25, -0.2) is 0 Å². The van der Waals surface area contributed by atoms with Crippen LogP contribution in [-0.4, -0.2) is 33.7 Å². The van der Waals surface area contributed by atoms with Crippen LogP contribution in [0.3, 0.4) is 0 Å². The summed E-state index contributed by atoms with van der Waals surface area (Å²) in [5.41, 5.74) is -1.01. The number of amides is 1. The SMILES string of the molecule is C=C/C(SN=Nc1cc(F)c([N+](=O)[O-])cc1[N+](=O)[O-])=C(\C=C(/C)N(CCC)CCC)NC(C)=O. The molecule has 34 heavy (non-hydrogen) atoms. The smallest absolute Gasteiger partial charge is 0.311 e. The lowest BCUT2D eigenvalue weighted by Crippen LogP contribution is -2.25. The van der Waals surface area contributed by atoms with Crippen molar-refractivity contribution in [2.45, 2.75) is 40.5 Å². The van der Waals surface area contributed by atoms with Gasteiger partial charge in [0.05, 0.1) is 26.5 Å². The standard InChI is InChI=1S/C21H27FN6O5S/c1-6-9-26(10-7-2)14(4)11-18(23-15(5)29)21(8-3)34-25-24-17-12-16(22)19(27(30)31)13-20(17)28(32)33/h8,11-13H,3,6-7,9-10H2,1-2,4-5H3,(H,23,29)/b14-11+,21-18-,25-24?. The van der Waals surface area contributed by atoms with Crippen LogP contribution in [0.4, 0.5) is 21.5 Å². The van der Waals surface area contributed by atoms with E-state index in [0.29, 0.717) is 22.7 Å². The lowest BCUT2D eigenvalue weighted by Gasteiger charge is -2.25. The maximum Gasteiger partial charge on any atom is 0.311 e.